The number of aryl methyl sites for hydroxylation is 1. The fourth-order valence-corrected chi connectivity index (χ4v) is 3.21. The van der Waals surface area contributed by atoms with Crippen LogP contribution in [0.3, 0.4) is 0 Å². The molecule has 1 aliphatic rings. The monoisotopic (exact) mass is 335 g/mol. The Morgan fingerprint density at radius 3 is 2.67 bits per heavy atom. The van der Waals surface area contributed by atoms with Crippen molar-refractivity contribution >= 4 is 17.6 Å². The summed E-state index contributed by atoms with van der Waals surface area (Å²) in [4.78, 5) is 26.7. The van der Waals surface area contributed by atoms with Gasteiger partial charge in [-0.05, 0) is 26.2 Å². The van der Waals surface area contributed by atoms with E-state index in [1.165, 1.54) is 0 Å². The van der Waals surface area contributed by atoms with Crippen LogP contribution >= 0.6 is 0 Å². The van der Waals surface area contributed by atoms with Gasteiger partial charge in [0.1, 0.15) is 5.76 Å². The van der Waals surface area contributed by atoms with Crippen molar-refractivity contribution in [1.82, 2.24) is 10.1 Å². The van der Waals surface area contributed by atoms with Gasteiger partial charge in [0.2, 0.25) is 11.8 Å². The van der Waals surface area contributed by atoms with Crippen molar-refractivity contribution in [3.8, 4) is 0 Å². The molecule has 1 aliphatic carbocycles. The molecule has 1 N–H and O–H groups in total. The maximum Gasteiger partial charge on any atom is 0.245 e. The van der Waals surface area contributed by atoms with E-state index in [1.807, 2.05) is 0 Å². The summed E-state index contributed by atoms with van der Waals surface area (Å²) in [6.45, 7) is 4.68. The Hall–Kier alpha value is -1.85. The molecule has 6 heteroatoms. The molecule has 0 radical (unpaired) electrons. The fourth-order valence-electron chi connectivity index (χ4n) is 3.21. The molecule has 0 aromatic carbocycles. The lowest BCUT2D eigenvalue weighted by atomic mass is 10.1. The van der Waals surface area contributed by atoms with Gasteiger partial charge in [-0.15, -0.1) is 0 Å². The predicted octanol–water partition coefficient (Wildman–Crippen LogP) is 3.52. The Labute approximate surface area is 143 Å². The molecule has 24 heavy (non-hydrogen) atoms. The van der Waals surface area contributed by atoms with Gasteiger partial charge in [-0.25, -0.2) is 0 Å². The molecule has 0 saturated heterocycles. The third kappa shape index (κ3) is 5.65. The Bertz CT molecular complexity index is 535. The molecular weight excluding hydrogens is 306 g/mol. The fraction of sp³-hybridized carbons (Fsp3) is 0.722. The van der Waals surface area contributed by atoms with Crippen LogP contribution in [0.1, 0.15) is 64.1 Å². The molecule has 0 spiro atoms. The van der Waals surface area contributed by atoms with Crippen LogP contribution in [0.4, 0.5) is 5.82 Å². The van der Waals surface area contributed by atoms with Gasteiger partial charge in [0.05, 0.1) is 6.54 Å². The molecule has 0 bridgehead atoms. The molecule has 1 saturated carbocycles. The topological polar surface area (TPSA) is 75.4 Å². The molecule has 0 atom stereocenters. The number of carbonyl (C=O) groups is 2. The number of aromatic nitrogens is 1. The highest BCUT2D eigenvalue weighted by molar-refractivity contribution is 5.94. The first-order valence-electron chi connectivity index (χ1n) is 9.12. The minimum Gasteiger partial charge on any atom is -0.360 e. The molecule has 1 aromatic heterocycles. The quantitative estimate of drug-likeness (QED) is 0.701. The lowest BCUT2D eigenvalue weighted by Gasteiger charge is -2.25. The van der Waals surface area contributed by atoms with E-state index in [-0.39, 0.29) is 24.3 Å². The van der Waals surface area contributed by atoms with Crippen LogP contribution in [0.5, 0.6) is 0 Å². The number of hydrogen-bond acceptors (Lipinski definition) is 4. The summed E-state index contributed by atoms with van der Waals surface area (Å²) in [5.41, 5.74) is 0. The molecule has 6 nitrogen and oxygen atoms in total. The third-order valence-electron chi connectivity index (χ3n) is 4.53. The van der Waals surface area contributed by atoms with Gasteiger partial charge in [0, 0.05) is 18.5 Å². The summed E-state index contributed by atoms with van der Waals surface area (Å²) >= 11 is 0. The van der Waals surface area contributed by atoms with Crippen LogP contribution in [0.15, 0.2) is 10.6 Å². The lowest BCUT2D eigenvalue weighted by Crippen LogP contribution is -2.41. The molecule has 0 unspecified atom stereocenters. The first-order chi connectivity index (χ1) is 11.6. The SMILES string of the molecule is CCCCCCN(CC(=O)Nc1cc(C)on1)C(=O)C1CCCC1. The highest BCUT2D eigenvalue weighted by Gasteiger charge is 2.28. The number of anilines is 1. The predicted molar refractivity (Wildman–Crippen MR) is 92.5 cm³/mol. The Morgan fingerprint density at radius 1 is 1.29 bits per heavy atom. The van der Waals surface area contributed by atoms with E-state index in [4.69, 9.17) is 4.52 Å². The highest BCUT2D eigenvalue weighted by Crippen LogP contribution is 2.26. The minimum atomic E-state index is -0.217. The number of amides is 2. The van der Waals surface area contributed by atoms with Crippen molar-refractivity contribution in [3.05, 3.63) is 11.8 Å². The highest BCUT2D eigenvalue weighted by atomic mass is 16.5. The summed E-state index contributed by atoms with van der Waals surface area (Å²) in [6, 6.07) is 1.67. The molecule has 0 aliphatic heterocycles. The second-order valence-electron chi connectivity index (χ2n) is 6.67. The Kier molecular flexibility index (Phi) is 7.28. The lowest BCUT2D eigenvalue weighted by molar-refractivity contribution is -0.138. The van der Waals surface area contributed by atoms with Crippen molar-refractivity contribution in [2.75, 3.05) is 18.4 Å². The van der Waals surface area contributed by atoms with Gasteiger partial charge < -0.3 is 14.7 Å². The van der Waals surface area contributed by atoms with Crippen molar-refractivity contribution < 1.29 is 14.1 Å². The van der Waals surface area contributed by atoms with E-state index in [9.17, 15) is 9.59 Å². The van der Waals surface area contributed by atoms with Crippen LogP contribution in [-0.2, 0) is 9.59 Å². The normalized spacial score (nSPS) is 14.8. The van der Waals surface area contributed by atoms with Gasteiger partial charge in [-0.1, -0.05) is 44.2 Å². The summed E-state index contributed by atoms with van der Waals surface area (Å²) in [5.74, 6) is 1.05. The summed E-state index contributed by atoms with van der Waals surface area (Å²) < 4.78 is 4.95. The summed E-state index contributed by atoms with van der Waals surface area (Å²) in [6.07, 6.45) is 8.49. The second-order valence-corrected chi connectivity index (χ2v) is 6.67. The smallest absolute Gasteiger partial charge is 0.245 e. The molecule has 1 heterocycles. The average molecular weight is 335 g/mol. The third-order valence-corrected chi connectivity index (χ3v) is 4.53. The second kappa shape index (κ2) is 9.45. The largest absolute Gasteiger partial charge is 0.360 e. The summed E-state index contributed by atoms with van der Waals surface area (Å²) in [7, 11) is 0. The molecule has 2 amide bonds. The van der Waals surface area contributed by atoms with Crippen molar-refractivity contribution in [3.63, 3.8) is 0 Å². The van der Waals surface area contributed by atoms with E-state index >= 15 is 0 Å². The number of nitrogens with zero attached hydrogens (tertiary/aromatic N) is 2. The van der Waals surface area contributed by atoms with Crippen molar-refractivity contribution in [1.29, 1.82) is 0 Å². The maximum atomic E-state index is 12.7. The van der Waals surface area contributed by atoms with E-state index < -0.39 is 0 Å². The Morgan fingerprint density at radius 2 is 2.04 bits per heavy atom. The number of carbonyl (C=O) groups excluding carboxylic acids is 2. The van der Waals surface area contributed by atoms with Gasteiger partial charge in [0.15, 0.2) is 5.82 Å². The Balaban J connectivity index is 1.90. The minimum absolute atomic E-state index is 0.0906. The van der Waals surface area contributed by atoms with E-state index in [0.717, 1.165) is 51.4 Å². The van der Waals surface area contributed by atoms with Crippen molar-refractivity contribution in [2.24, 2.45) is 5.92 Å². The van der Waals surface area contributed by atoms with Gasteiger partial charge >= 0.3 is 0 Å². The van der Waals surface area contributed by atoms with Crippen LogP contribution in [0, 0.1) is 12.8 Å². The van der Waals surface area contributed by atoms with Gasteiger partial charge in [-0.3, -0.25) is 9.59 Å². The number of hydrogen-bond donors (Lipinski definition) is 1. The zero-order valence-electron chi connectivity index (χ0n) is 14.8. The molecule has 2 rings (SSSR count). The first-order valence-corrected chi connectivity index (χ1v) is 9.12. The average Bonchev–Trinajstić information content (AvgIpc) is 3.21. The van der Waals surface area contributed by atoms with Crippen LogP contribution in [0.2, 0.25) is 0 Å². The number of unbranched alkanes of at least 4 members (excludes halogenated alkanes) is 3. The first kappa shape index (κ1) is 18.5. The standard InChI is InChI=1S/C18H29N3O3/c1-3-4-5-8-11-21(18(23)15-9-6-7-10-15)13-17(22)19-16-12-14(2)24-20-16/h12,15H,3-11,13H2,1-2H3,(H,19,20,22). The zero-order chi connectivity index (χ0) is 17.4. The molecule has 1 aromatic rings. The van der Waals surface area contributed by atoms with Crippen molar-refractivity contribution in [2.45, 2.75) is 65.2 Å². The zero-order valence-corrected chi connectivity index (χ0v) is 14.8. The van der Waals surface area contributed by atoms with Crippen LogP contribution < -0.4 is 5.32 Å². The van der Waals surface area contributed by atoms with Crippen LogP contribution in [0.25, 0.3) is 0 Å². The summed E-state index contributed by atoms with van der Waals surface area (Å²) in [5, 5.41) is 6.46. The maximum absolute atomic E-state index is 12.7. The molecule has 134 valence electrons. The molecule has 1 fully saturated rings. The van der Waals surface area contributed by atoms with E-state index in [2.05, 4.69) is 17.4 Å². The van der Waals surface area contributed by atoms with E-state index in [1.54, 1.807) is 17.9 Å². The van der Waals surface area contributed by atoms with Gasteiger partial charge in [0.25, 0.3) is 0 Å². The van der Waals surface area contributed by atoms with Crippen LogP contribution in [-0.4, -0.2) is 35.0 Å². The van der Waals surface area contributed by atoms with E-state index in [0.29, 0.717) is 18.1 Å². The molecular formula is C18H29N3O3. The number of rotatable bonds is 9. The van der Waals surface area contributed by atoms with Gasteiger partial charge in [-0.2, -0.15) is 0 Å². The number of nitrogens with one attached hydrogen (secondary N) is 1.